The van der Waals surface area contributed by atoms with Crippen LogP contribution in [0.15, 0.2) is 46.3 Å². The van der Waals surface area contributed by atoms with Crippen LogP contribution in [0.5, 0.6) is 0 Å². The molecule has 4 rings (SSSR count). The summed E-state index contributed by atoms with van der Waals surface area (Å²) in [6.07, 6.45) is 1.78. The number of nitrogens with one attached hydrogen (secondary N) is 1. The molecule has 6 nitrogen and oxygen atoms in total. The second kappa shape index (κ2) is 9.03. The van der Waals surface area contributed by atoms with Crippen LogP contribution in [-0.2, 0) is 15.3 Å². The first kappa shape index (κ1) is 25.3. The Balaban J connectivity index is 1.76. The standard InChI is InChI=1S/C28H35N3O3S/c1-17(2)31(18(3)4)12-13-35(33,34)20-9-11-21-23(15-20)28(5,6)27-25(26(21)32)22-10-8-19(16-29-7)14-24(22)30-27/h8-11,14-18,30H,12-13H2,1-7H3. The number of aromatic nitrogens is 1. The van der Waals surface area contributed by atoms with E-state index in [9.17, 15) is 13.2 Å². The summed E-state index contributed by atoms with van der Waals surface area (Å²) in [6.45, 7) is 12.9. The Morgan fingerprint density at radius 1 is 1.06 bits per heavy atom. The first-order valence-corrected chi connectivity index (χ1v) is 13.8. The van der Waals surface area contributed by atoms with E-state index in [1.54, 1.807) is 31.5 Å². The number of sulfone groups is 1. The Bertz CT molecular complexity index is 1420. The van der Waals surface area contributed by atoms with Gasteiger partial charge in [0.15, 0.2) is 15.6 Å². The third kappa shape index (κ3) is 4.36. The van der Waals surface area contributed by atoms with Gasteiger partial charge in [-0.25, -0.2) is 8.42 Å². The van der Waals surface area contributed by atoms with Gasteiger partial charge in [-0.1, -0.05) is 26.0 Å². The second-order valence-corrected chi connectivity index (χ2v) is 12.6. The van der Waals surface area contributed by atoms with Crippen LogP contribution in [-0.4, -0.2) is 61.7 Å². The lowest BCUT2D eigenvalue weighted by molar-refractivity contribution is 0.103. The van der Waals surface area contributed by atoms with Crippen molar-refractivity contribution in [1.29, 1.82) is 0 Å². The Morgan fingerprint density at radius 3 is 2.37 bits per heavy atom. The second-order valence-electron chi connectivity index (χ2n) is 10.5. The van der Waals surface area contributed by atoms with E-state index < -0.39 is 15.3 Å². The zero-order chi connectivity index (χ0) is 25.7. The highest BCUT2D eigenvalue weighted by molar-refractivity contribution is 7.91. The van der Waals surface area contributed by atoms with Crippen LogP contribution in [0.2, 0.25) is 0 Å². The number of ketones is 1. The molecule has 1 N–H and O–H groups in total. The largest absolute Gasteiger partial charge is 0.357 e. The summed E-state index contributed by atoms with van der Waals surface area (Å²) in [6, 6.07) is 11.4. The number of benzene rings is 2. The normalized spacial score (nSPS) is 15.5. The van der Waals surface area contributed by atoms with E-state index in [1.165, 1.54) is 0 Å². The van der Waals surface area contributed by atoms with E-state index in [2.05, 4.69) is 42.6 Å². The summed E-state index contributed by atoms with van der Waals surface area (Å²) >= 11 is 0. The summed E-state index contributed by atoms with van der Waals surface area (Å²) in [5.41, 5.74) is 4.04. The van der Waals surface area contributed by atoms with Crippen molar-refractivity contribution in [3.05, 3.63) is 64.3 Å². The maximum Gasteiger partial charge on any atom is 0.195 e. The minimum atomic E-state index is -3.52. The van der Waals surface area contributed by atoms with Gasteiger partial charge in [-0.05, 0) is 63.1 Å². The number of hydrogen-bond donors (Lipinski definition) is 1. The summed E-state index contributed by atoms with van der Waals surface area (Å²) < 4.78 is 26.6. The molecule has 35 heavy (non-hydrogen) atoms. The van der Waals surface area contributed by atoms with Gasteiger partial charge in [0, 0.05) is 59.5 Å². The van der Waals surface area contributed by atoms with E-state index in [1.807, 2.05) is 32.0 Å². The summed E-state index contributed by atoms with van der Waals surface area (Å²) in [7, 11) is -1.79. The molecule has 0 saturated heterocycles. The third-order valence-electron chi connectivity index (χ3n) is 7.17. The zero-order valence-corrected chi connectivity index (χ0v) is 22.5. The number of carbonyl (C=O) groups is 1. The average Bonchev–Trinajstić information content (AvgIpc) is 3.17. The van der Waals surface area contributed by atoms with Gasteiger partial charge in [0.1, 0.15) is 0 Å². The number of aromatic amines is 1. The van der Waals surface area contributed by atoms with Crippen molar-refractivity contribution in [2.45, 2.75) is 63.9 Å². The fraction of sp³-hybridized carbons (Fsp3) is 0.429. The highest BCUT2D eigenvalue weighted by Gasteiger charge is 2.40. The number of hydrogen-bond acceptors (Lipinski definition) is 5. The number of fused-ring (bicyclic) bond motifs is 4. The predicted molar refractivity (Wildman–Crippen MR) is 143 cm³/mol. The molecule has 0 atom stereocenters. The predicted octanol–water partition coefficient (Wildman–Crippen LogP) is 4.98. The van der Waals surface area contributed by atoms with Gasteiger partial charge in [-0.3, -0.25) is 14.7 Å². The highest BCUT2D eigenvalue weighted by Crippen LogP contribution is 2.44. The molecule has 7 heteroatoms. The van der Waals surface area contributed by atoms with Gasteiger partial charge in [-0.15, -0.1) is 0 Å². The van der Waals surface area contributed by atoms with Crippen molar-refractivity contribution < 1.29 is 13.2 Å². The lowest BCUT2D eigenvalue weighted by Gasteiger charge is -2.32. The third-order valence-corrected chi connectivity index (χ3v) is 8.86. The van der Waals surface area contributed by atoms with Crippen molar-refractivity contribution in [1.82, 2.24) is 9.88 Å². The average molecular weight is 494 g/mol. The van der Waals surface area contributed by atoms with Gasteiger partial charge in [0.05, 0.1) is 16.2 Å². The van der Waals surface area contributed by atoms with Crippen LogP contribution in [0, 0.1) is 0 Å². The lowest BCUT2D eigenvalue weighted by atomic mass is 9.71. The number of aliphatic imine (C=N–C) groups is 1. The fourth-order valence-corrected chi connectivity index (χ4v) is 6.57. The summed E-state index contributed by atoms with van der Waals surface area (Å²) in [4.78, 5) is 23.6. The van der Waals surface area contributed by atoms with E-state index >= 15 is 0 Å². The molecular weight excluding hydrogens is 458 g/mol. The van der Waals surface area contributed by atoms with E-state index in [0.29, 0.717) is 17.7 Å². The molecule has 0 radical (unpaired) electrons. The van der Waals surface area contributed by atoms with Crippen molar-refractivity contribution in [2.24, 2.45) is 4.99 Å². The van der Waals surface area contributed by atoms with E-state index in [4.69, 9.17) is 0 Å². The molecule has 186 valence electrons. The van der Waals surface area contributed by atoms with Crippen molar-refractivity contribution in [3.8, 4) is 0 Å². The number of H-pyrrole nitrogens is 1. The Labute approximate surface area is 208 Å². The molecule has 1 aliphatic carbocycles. The van der Waals surface area contributed by atoms with Crippen LogP contribution in [0.25, 0.3) is 10.9 Å². The molecule has 1 heterocycles. The molecule has 0 unspecified atom stereocenters. The van der Waals surface area contributed by atoms with E-state index in [0.717, 1.165) is 27.7 Å². The van der Waals surface area contributed by atoms with Crippen LogP contribution in [0.4, 0.5) is 0 Å². The molecular formula is C28H35N3O3S. The SMILES string of the molecule is CN=Cc1ccc2c3c([nH]c2c1)C(C)(C)c1cc(S(=O)(=O)CCN(C(C)C)C(C)C)ccc1C3=O. The van der Waals surface area contributed by atoms with Crippen molar-refractivity contribution in [3.63, 3.8) is 0 Å². The highest BCUT2D eigenvalue weighted by atomic mass is 32.2. The molecule has 0 bridgehead atoms. The molecule has 2 aromatic carbocycles. The number of nitrogens with zero attached hydrogens (tertiary/aromatic N) is 2. The number of carbonyl (C=O) groups excluding carboxylic acids is 1. The molecule has 3 aromatic rings. The monoisotopic (exact) mass is 493 g/mol. The topological polar surface area (TPSA) is 82.6 Å². The van der Waals surface area contributed by atoms with Gasteiger partial charge in [0.25, 0.3) is 0 Å². The van der Waals surface area contributed by atoms with Crippen molar-refractivity contribution in [2.75, 3.05) is 19.3 Å². The molecule has 1 aliphatic rings. The molecule has 0 spiro atoms. The van der Waals surface area contributed by atoms with Gasteiger partial charge in [-0.2, -0.15) is 0 Å². The van der Waals surface area contributed by atoms with Gasteiger partial charge in [0.2, 0.25) is 0 Å². The van der Waals surface area contributed by atoms with Crippen LogP contribution >= 0.6 is 0 Å². The minimum Gasteiger partial charge on any atom is -0.357 e. The minimum absolute atomic E-state index is 0.0376. The van der Waals surface area contributed by atoms with E-state index in [-0.39, 0.29) is 28.5 Å². The lowest BCUT2D eigenvalue weighted by Crippen LogP contribution is -2.40. The van der Waals surface area contributed by atoms with Crippen molar-refractivity contribution >= 4 is 32.7 Å². The Morgan fingerprint density at radius 2 is 1.74 bits per heavy atom. The quantitative estimate of drug-likeness (QED) is 0.471. The van der Waals surface area contributed by atoms with Crippen LogP contribution < -0.4 is 0 Å². The fourth-order valence-electron chi connectivity index (χ4n) is 5.31. The first-order valence-electron chi connectivity index (χ1n) is 12.1. The Hall–Kier alpha value is -2.77. The smallest absolute Gasteiger partial charge is 0.195 e. The van der Waals surface area contributed by atoms with Gasteiger partial charge < -0.3 is 4.98 Å². The number of rotatable bonds is 7. The van der Waals surface area contributed by atoms with Crippen LogP contribution in [0.3, 0.4) is 0 Å². The Kier molecular flexibility index (Phi) is 6.53. The van der Waals surface area contributed by atoms with Crippen LogP contribution in [0.1, 0.15) is 74.3 Å². The molecule has 1 aromatic heterocycles. The molecule has 0 amide bonds. The summed E-state index contributed by atoms with van der Waals surface area (Å²) in [5, 5.41) is 0.871. The maximum absolute atomic E-state index is 13.6. The first-order chi connectivity index (χ1) is 16.4. The zero-order valence-electron chi connectivity index (χ0n) is 21.6. The summed E-state index contributed by atoms with van der Waals surface area (Å²) in [5.74, 6) is -0.0390. The maximum atomic E-state index is 13.6. The van der Waals surface area contributed by atoms with Gasteiger partial charge >= 0.3 is 0 Å². The molecule has 0 saturated carbocycles. The molecule has 0 fully saturated rings. The molecule has 0 aliphatic heterocycles.